The van der Waals surface area contributed by atoms with Crippen molar-refractivity contribution in [3.8, 4) is 0 Å². The first-order valence-corrected chi connectivity index (χ1v) is 5.42. The molecule has 4 nitrogen and oxygen atoms in total. The van der Waals surface area contributed by atoms with Crippen LogP contribution in [0, 0.1) is 0 Å². The lowest BCUT2D eigenvalue weighted by Gasteiger charge is -2.18. The molecule has 4 N–H and O–H groups in total. The molecular weight excluding hydrogens is 204 g/mol. The molecule has 88 valence electrons. The number of nitrogens with two attached hydrogens (primary N) is 2. The van der Waals surface area contributed by atoms with Crippen LogP contribution in [0.15, 0.2) is 18.2 Å². The van der Waals surface area contributed by atoms with Crippen molar-refractivity contribution in [3.63, 3.8) is 0 Å². The molecule has 4 heteroatoms. The minimum absolute atomic E-state index is 0.219. The lowest BCUT2D eigenvalue weighted by molar-refractivity contribution is -0.149. The van der Waals surface area contributed by atoms with Crippen molar-refractivity contribution in [3.05, 3.63) is 23.8 Å². The number of carbonyl (C=O) groups excluding carboxylic acids is 1. The van der Waals surface area contributed by atoms with E-state index < -0.39 is 0 Å². The Balaban J connectivity index is 2.90. The fourth-order valence-corrected chi connectivity index (χ4v) is 1.50. The summed E-state index contributed by atoms with van der Waals surface area (Å²) in [5.74, 6) is -0.219. The summed E-state index contributed by atoms with van der Waals surface area (Å²) in [6.07, 6.45) is 0.777. The molecule has 0 aromatic heterocycles. The largest absolute Gasteiger partial charge is 0.457 e. The molecule has 0 aliphatic carbocycles. The van der Waals surface area contributed by atoms with Crippen LogP contribution in [0.1, 0.15) is 38.4 Å². The fraction of sp³-hybridized carbons (Fsp3) is 0.417. The SMILES string of the molecule is CCC(=O)OC(CC)c1ccc(N)cc1N. The molecule has 0 amide bonds. The molecule has 0 saturated heterocycles. The Bertz CT molecular complexity index is 377. The van der Waals surface area contributed by atoms with E-state index in [-0.39, 0.29) is 12.1 Å². The van der Waals surface area contributed by atoms with Crippen LogP contribution in [0.2, 0.25) is 0 Å². The van der Waals surface area contributed by atoms with E-state index in [0.717, 1.165) is 5.56 Å². The van der Waals surface area contributed by atoms with E-state index in [4.69, 9.17) is 16.2 Å². The van der Waals surface area contributed by atoms with Gasteiger partial charge in [-0.25, -0.2) is 0 Å². The highest BCUT2D eigenvalue weighted by Crippen LogP contribution is 2.28. The predicted octanol–water partition coefficient (Wildman–Crippen LogP) is 2.26. The maximum atomic E-state index is 11.2. The molecule has 1 aromatic rings. The van der Waals surface area contributed by atoms with Crippen LogP contribution in [0.25, 0.3) is 0 Å². The number of esters is 1. The maximum absolute atomic E-state index is 11.2. The third kappa shape index (κ3) is 2.89. The van der Waals surface area contributed by atoms with Gasteiger partial charge in [-0.2, -0.15) is 0 Å². The Kier molecular flexibility index (Phi) is 4.17. The molecule has 1 rings (SSSR count). The normalized spacial score (nSPS) is 12.1. The molecular formula is C12H18N2O2. The van der Waals surface area contributed by atoms with E-state index in [1.165, 1.54) is 0 Å². The average molecular weight is 222 g/mol. The van der Waals surface area contributed by atoms with Gasteiger partial charge in [-0.05, 0) is 18.6 Å². The van der Waals surface area contributed by atoms with Gasteiger partial charge >= 0.3 is 5.97 Å². The van der Waals surface area contributed by atoms with E-state index in [1.54, 1.807) is 19.1 Å². The van der Waals surface area contributed by atoms with Crippen LogP contribution in [-0.2, 0) is 9.53 Å². The van der Waals surface area contributed by atoms with Crippen molar-refractivity contribution >= 4 is 17.3 Å². The molecule has 0 bridgehead atoms. The van der Waals surface area contributed by atoms with Gasteiger partial charge in [0.05, 0.1) is 0 Å². The molecule has 0 heterocycles. The number of nitrogen functional groups attached to an aromatic ring is 2. The second-order valence-electron chi connectivity index (χ2n) is 3.63. The highest BCUT2D eigenvalue weighted by atomic mass is 16.5. The first-order valence-electron chi connectivity index (χ1n) is 5.42. The summed E-state index contributed by atoms with van der Waals surface area (Å²) in [6.45, 7) is 3.71. The Morgan fingerprint density at radius 1 is 1.38 bits per heavy atom. The standard InChI is InChI=1S/C12H18N2O2/c1-3-11(16-12(15)4-2)9-6-5-8(13)7-10(9)14/h5-7,11H,3-4,13-14H2,1-2H3. The third-order valence-electron chi connectivity index (χ3n) is 2.39. The zero-order valence-electron chi connectivity index (χ0n) is 9.69. The number of carbonyl (C=O) groups is 1. The van der Waals surface area contributed by atoms with Crippen molar-refractivity contribution in [2.24, 2.45) is 0 Å². The Labute approximate surface area is 95.6 Å². The molecule has 1 aromatic carbocycles. The molecule has 0 aliphatic heterocycles. The van der Waals surface area contributed by atoms with Crippen molar-refractivity contribution in [2.45, 2.75) is 32.8 Å². The topological polar surface area (TPSA) is 78.3 Å². The lowest BCUT2D eigenvalue weighted by atomic mass is 10.0. The number of hydrogen-bond donors (Lipinski definition) is 2. The summed E-state index contributed by atoms with van der Waals surface area (Å²) < 4.78 is 5.30. The highest BCUT2D eigenvalue weighted by molar-refractivity contribution is 5.69. The van der Waals surface area contributed by atoms with E-state index in [9.17, 15) is 4.79 Å². The van der Waals surface area contributed by atoms with E-state index >= 15 is 0 Å². The number of rotatable bonds is 4. The molecule has 0 aliphatic rings. The van der Waals surface area contributed by atoms with Crippen LogP contribution >= 0.6 is 0 Å². The van der Waals surface area contributed by atoms with Crippen molar-refractivity contribution in [2.75, 3.05) is 11.5 Å². The summed E-state index contributed by atoms with van der Waals surface area (Å²) in [5.41, 5.74) is 13.4. The smallest absolute Gasteiger partial charge is 0.306 e. The minimum Gasteiger partial charge on any atom is -0.457 e. The molecule has 1 unspecified atom stereocenters. The van der Waals surface area contributed by atoms with Gasteiger partial charge in [0.1, 0.15) is 6.10 Å². The average Bonchev–Trinajstić information content (AvgIpc) is 2.26. The van der Waals surface area contributed by atoms with E-state index in [0.29, 0.717) is 24.2 Å². The number of benzene rings is 1. The zero-order valence-corrected chi connectivity index (χ0v) is 9.69. The second kappa shape index (κ2) is 5.39. The van der Waals surface area contributed by atoms with Crippen LogP contribution < -0.4 is 11.5 Å². The van der Waals surface area contributed by atoms with Crippen molar-refractivity contribution in [1.29, 1.82) is 0 Å². The number of hydrogen-bond acceptors (Lipinski definition) is 4. The summed E-state index contributed by atoms with van der Waals surface area (Å²) in [7, 11) is 0. The molecule has 16 heavy (non-hydrogen) atoms. The van der Waals surface area contributed by atoms with Crippen molar-refractivity contribution in [1.82, 2.24) is 0 Å². The van der Waals surface area contributed by atoms with Crippen LogP contribution in [0.3, 0.4) is 0 Å². The van der Waals surface area contributed by atoms with Crippen LogP contribution in [0.4, 0.5) is 11.4 Å². The maximum Gasteiger partial charge on any atom is 0.306 e. The zero-order chi connectivity index (χ0) is 12.1. The molecule has 1 atom stereocenters. The summed E-state index contributed by atoms with van der Waals surface area (Å²) in [4.78, 5) is 11.2. The van der Waals surface area contributed by atoms with Crippen molar-refractivity contribution < 1.29 is 9.53 Å². The Morgan fingerprint density at radius 2 is 2.06 bits per heavy atom. The summed E-state index contributed by atoms with van der Waals surface area (Å²) in [6, 6.07) is 5.24. The Morgan fingerprint density at radius 3 is 2.56 bits per heavy atom. The third-order valence-corrected chi connectivity index (χ3v) is 2.39. The van der Waals surface area contributed by atoms with Gasteiger partial charge in [0, 0.05) is 23.4 Å². The quantitative estimate of drug-likeness (QED) is 0.605. The molecule has 0 radical (unpaired) electrons. The lowest BCUT2D eigenvalue weighted by Crippen LogP contribution is -2.11. The first-order chi connectivity index (χ1) is 7.58. The van der Waals surface area contributed by atoms with Gasteiger partial charge in [0.2, 0.25) is 0 Å². The second-order valence-corrected chi connectivity index (χ2v) is 3.63. The number of anilines is 2. The van der Waals surface area contributed by atoms with E-state index in [2.05, 4.69) is 0 Å². The predicted molar refractivity (Wildman–Crippen MR) is 64.7 cm³/mol. The molecule has 0 spiro atoms. The van der Waals surface area contributed by atoms with E-state index in [1.807, 2.05) is 13.0 Å². The first kappa shape index (κ1) is 12.4. The highest BCUT2D eigenvalue weighted by Gasteiger charge is 2.16. The van der Waals surface area contributed by atoms with Gasteiger partial charge < -0.3 is 16.2 Å². The molecule has 0 saturated carbocycles. The monoisotopic (exact) mass is 222 g/mol. The summed E-state index contributed by atoms with van der Waals surface area (Å²) in [5, 5.41) is 0. The molecule has 0 fully saturated rings. The fourth-order valence-electron chi connectivity index (χ4n) is 1.50. The number of ether oxygens (including phenoxy) is 1. The van der Waals surface area contributed by atoms with Gasteiger partial charge in [-0.1, -0.05) is 19.9 Å². The van der Waals surface area contributed by atoms with Gasteiger partial charge in [-0.15, -0.1) is 0 Å². The minimum atomic E-state index is -0.284. The van der Waals surface area contributed by atoms with Crippen LogP contribution in [-0.4, -0.2) is 5.97 Å². The summed E-state index contributed by atoms with van der Waals surface area (Å²) >= 11 is 0. The van der Waals surface area contributed by atoms with Crippen LogP contribution in [0.5, 0.6) is 0 Å². The van der Waals surface area contributed by atoms with Gasteiger partial charge in [0.25, 0.3) is 0 Å². The van der Waals surface area contributed by atoms with Gasteiger partial charge in [0.15, 0.2) is 0 Å². The van der Waals surface area contributed by atoms with Gasteiger partial charge in [-0.3, -0.25) is 4.79 Å². The Hall–Kier alpha value is -1.71.